The summed E-state index contributed by atoms with van der Waals surface area (Å²) < 4.78 is 0. The summed E-state index contributed by atoms with van der Waals surface area (Å²) in [7, 11) is 0. The number of fused-ring (bicyclic) bond motifs is 2. The van der Waals surface area contributed by atoms with Gasteiger partial charge in [0.1, 0.15) is 0 Å². The molecule has 188 valence electrons. The second-order valence-corrected chi connectivity index (χ2v) is 7.05. The smallest absolute Gasteiger partial charge is 0 e. The standard InChI is InChI=1S/C19H25.C5H5.7CH3.Hf/c1-2-3-4-5-6-8-15-11-12-18-13-16-9-7-10-17(16)14-19(15)18;1-2-4-5-3-1;;;;;;;;/h11-14H,2-10H2,1H3;1-5H;7*1H3;/q9*-1;. The molecule has 4 rings (SSSR count). The Balaban J connectivity index is -0.000000117. The van der Waals surface area contributed by atoms with Gasteiger partial charge >= 0.3 is 0 Å². The van der Waals surface area contributed by atoms with E-state index in [1.54, 1.807) is 16.7 Å². The van der Waals surface area contributed by atoms with Crippen molar-refractivity contribution < 1.29 is 25.8 Å². The van der Waals surface area contributed by atoms with Crippen LogP contribution in [-0.4, -0.2) is 0 Å². The summed E-state index contributed by atoms with van der Waals surface area (Å²) in [6, 6.07) is 19.6. The van der Waals surface area contributed by atoms with E-state index in [1.165, 1.54) is 68.6 Å². The van der Waals surface area contributed by atoms with Crippen LogP contribution in [0.5, 0.6) is 0 Å². The molecule has 1 aliphatic rings. The van der Waals surface area contributed by atoms with Gasteiger partial charge in [-0.2, -0.15) is 24.3 Å². The minimum Gasteiger partial charge on any atom is -0.358 e. The van der Waals surface area contributed by atoms with E-state index in [1.807, 2.05) is 30.3 Å². The summed E-state index contributed by atoms with van der Waals surface area (Å²) in [5, 5.41) is 3.01. The average molecular weight is 602 g/mol. The van der Waals surface area contributed by atoms with Gasteiger partial charge in [0.15, 0.2) is 0 Å². The Kier molecular flexibility index (Phi) is 34.5. The number of benzene rings is 1. The van der Waals surface area contributed by atoms with E-state index in [2.05, 4.69) is 31.2 Å². The van der Waals surface area contributed by atoms with Gasteiger partial charge in [-0.15, -0.1) is 34.5 Å². The summed E-state index contributed by atoms with van der Waals surface area (Å²) in [5.41, 5.74) is 4.81. The molecule has 0 unspecified atom stereocenters. The minimum absolute atomic E-state index is 0. The molecular weight excluding hydrogens is 551 g/mol. The first-order valence-corrected chi connectivity index (χ1v) is 9.75. The zero-order valence-electron chi connectivity index (χ0n) is 22.6. The summed E-state index contributed by atoms with van der Waals surface area (Å²) in [4.78, 5) is 0. The Morgan fingerprint density at radius 2 is 1.34 bits per heavy atom. The van der Waals surface area contributed by atoms with Crippen molar-refractivity contribution in [3.05, 3.63) is 123 Å². The third-order valence-corrected chi connectivity index (χ3v) is 5.18. The SMILES string of the molecule is CCCCCCC[c-]1ccc2cc3c(cc21)CCC3.[CH3-].[CH3-].[CH3-].[CH3-].[CH3-].[CH3-].[CH3-].[Hf].c1cc[cH-]c1. The summed E-state index contributed by atoms with van der Waals surface area (Å²) in [5.74, 6) is 0. The maximum atomic E-state index is 2.49. The van der Waals surface area contributed by atoms with E-state index >= 15 is 0 Å². The van der Waals surface area contributed by atoms with Gasteiger partial charge in [0.2, 0.25) is 0 Å². The summed E-state index contributed by atoms with van der Waals surface area (Å²) >= 11 is 0. The van der Waals surface area contributed by atoms with Crippen LogP contribution in [0.4, 0.5) is 0 Å². The molecule has 0 fully saturated rings. The Morgan fingerprint density at radius 1 is 0.781 bits per heavy atom. The normalized spacial score (nSPS) is 9.66. The molecule has 0 spiro atoms. The molecule has 0 saturated heterocycles. The molecule has 0 N–H and O–H groups in total. The van der Waals surface area contributed by atoms with Gasteiger partial charge in [-0.05, 0) is 19.3 Å². The van der Waals surface area contributed by atoms with Crippen LogP contribution in [0.25, 0.3) is 10.8 Å². The second kappa shape index (κ2) is 24.7. The van der Waals surface area contributed by atoms with E-state index < -0.39 is 0 Å². The van der Waals surface area contributed by atoms with Crippen LogP contribution < -0.4 is 0 Å². The molecule has 3 aromatic rings. The molecule has 0 atom stereocenters. The molecular formula is C31H51Hf-9. The molecule has 0 aliphatic heterocycles. The van der Waals surface area contributed by atoms with Crippen molar-refractivity contribution in [3.63, 3.8) is 0 Å². The maximum absolute atomic E-state index is 2.49. The Labute approximate surface area is 223 Å². The zero-order valence-corrected chi connectivity index (χ0v) is 26.2. The Hall–Kier alpha value is -0.950. The van der Waals surface area contributed by atoms with Crippen molar-refractivity contribution in [1.82, 2.24) is 0 Å². The fraction of sp³-hybridized carbons (Fsp3) is 0.323. The molecule has 3 aromatic carbocycles. The van der Waals surface area contributed by atoms with E-state index in [9.17, 15) is 0 Å². The zero-order chi connectivity index (χ0) is 16.6. The third-order valence-electron chi connectivity index (χ3n) is 5.18. The van der Waals surface area contributed by atoms with E-state index in [0.29, 0.717) is 0 Å². The minimum atomic E-state index is 0. The van der Waals surface area contributed by atoms with Gasteiger partial charge in [-0.25, -0.2) is 12.1 Å². The molecule has 1 heteroatoms. The van der Waals surface area contributed by atoms with Gasteiger partial charge in [0.25, 0.3) is 0 Å². The van der Waals surface area contributed by atoms with Crippen LogP contribution in [0.3, 0.4) is 0 Å². The van der Waals surface area contributed by atoms with Crippen molar-refractivity contribution in [1.29, 1.82) is 0 Å². The Bertz CT molecular complexity index is 701. The number of hydrogen-bond acceptors (Lipinski definition) is 0. The van der Waals surface area contributed by atoms with E-state index in [-0.39, 0.29) is 77.8 Å². The molecule has 0 nitrogen and oxygen atoms in total. The van der Waals surface area contributed by atoms with Crippen molar-refractivity contribution >= 4 is 10.8 Å². The quantitative estimate of drug-likeness (QED) is 0.150. The van der Waals surface area contributed by atoms with Crippen LogP contribution in [0.1, 0.15) is 62.1 Å². The number of aryl methyl sites for hydroxylation is 3. The van der Waals surface area contributed by atoms with Crippen LogP contribution in [-0.2, 0) is 45.1 Å². The van der Waals surface area contributed by atoms with Gasteiger partial charge in [0.05, 0.1) is 0 Å². The largest absolute Gasteiger partial charge is 0.358 e. The predicted molar refractivity (Wildman–Crippen MR) is 151 cm³/mol. The number of rotatable bonds is 6. The van der Waals surface area contributed by atoms with Crippen molar-refractivity contribution in [2.75, 3.05) is 0 Å². The molecule has 32 heavy (non-hydrogen) atoms. The average Bonchev–Trinajstić information content (AvgIpc) is 3.35. The van der Waals surface area contributed by atoms with Gasteiger partial charge < -0.3 is 52.0 Å². The molecule has 0 radical (unpaired) electrons. The van der Waals surface area contributed by atoms with E-state index in [0.717, 1.165) is 0 Å². The van der Waals surface area contributed by atoms with Crippen LogP contribution in [0.15, 0.2) is 54.6 Å². The first-order chi connectivity index (χ1) is 11.9. The van der Waals surface area contributed by atoms with Crippen molar-refractivity contribution in [2.24, 2.45) is 0 Å². The monoisotopic (exact) mass is 603 g/mol. The predicted octanol–water partition coefficient (Wildman–Crippen LogP) is 10.1. The van der Waals surface area contributed by atoms with Crippen molar-refractivity contribution in [3.8, 4) is 0 Å². The van der Waals surface area contributed by atoms with Gasteiger partial charge in [-0.1, -0.05) is 56.6 Å². The molecule has 0 bridgehead atoms. The first kappa shape index (κ1) is 44.7. The molecule has 0 heterocycles. The van der Waals surface area contributed by atoms with Crippen LogP contribution in [0, 0.1) is 52.0 Å². The molecule has 0 amide bonds. The summed E-state index contributed by atoms with van der Waals surface area (Å²) in [6.07, 6.45) is 12.1. The topological polar surface area (TPSA) is 0 Å². The molecule has 1 aliphatic carbocycles. The molecule has 0 aromatic heterocycles. The first-order valence-electron chi connectivity index (χ1n) is 9.75. The second-order valence-electron chi connectivity index (χ2n) is 7.05. The van der Waals surface area contributed by atoms with Crippen molar-refractivity contribution in [2.45, 2.75) is 64.7 Å². The number of hydrogen-bond donors (Lipinski definition) is 0. The van der Waals surface area contributed by atoms with Crippen LogP contribution >= 0.6 is 0 Å². The maximum Gasteiger partial charge on any atom is 0 e. The molecule has 0 saturated carbocycles. The number of unbranched alkanes of at least 4 members (excludes halogenated alkanes) is 4. The fourth-order valence-electron chi connectivity index (χ4n) is 3.80. The van der Waals surface area contributed by atoms with Gasteiger partial charge in [0, 0.05) is 25.8 Å². The van der Waals surface area contributed by atoms with Crippen LogP contribution in [0.2, 0.25) is 0 Å². The van der Waals surface area contributed by atoms with Gasteiger partial charge in [-0.3, -0.25) is 0 Å². The summed E-state index contributed by atoms with van der Waals surface area (Å²) in [6.45, 7) is 2.28. The third kappa shape index (κ3) is 12.9. The van der Waals surface area contributed by atoms with E-state index in [4.69, 9.17) is 0 Å². The Morgan fingerprint density at radius 3 is 1.88 bits per heavy atom. The fourth-order valence-corrected chi connectivity index (χ4v) is 3.80.